The smallest absolute Gasteiger partial charge is 0.174 e. The van der Waals surface area contributed by atoms with Crippen molar-refractivity contribution in [3.8, 4) is 0 Å². The number of H-pyrrole nitrogens is 1. The third kappa shape index (κ3) is 2.69. The average Bonchev–Trinajstić information content (AvgIpc) is 2.52. The van der Waals surface area contributed by atoms with Crippen LogP contribution in [0.4, 0.5) is 0 Å². The summed E-state index contributed by atoms with van der Waals surface area (Å²) in [5.74, 6) is 0. The first kappa shape index (κ1) is 16.2. The fourth-order valence-corrected chi connectivity index (χ4v) is 3.23. The highest BCUT2D eigenvalue weighted by Gasteiger charge is 2.14. The van der Waals surface area contributed by atoms with Crippen molar-refractivity contribution in [1.82, 2.24) is 0 Å². The van der Waals surface area contributed by atoms with Gasteiger partial charge in [-0.1, -0.05) is 57.2 Å². The summed E-state index contributed by atoms with van der Waals surface area (Å²) in [5.41, 5.74) is 1.57. The van der Waals surface area contributed by atoms with Crippen molar-refractivity contribution in [1.29, 1.82) is 0 Å². The first-order chi connectivity index (χ1) is 10.5. The van der Waals surface area contributed by atoms with Crippen LogP contribution in [0.15, 0.2) is 60.9 Å². The molecule has 1 nitrogen and oxygen atoms in total. The summed E-state index contributed by atoms with van der Waals surface area (Å²) >= 11 is 0. The standard InChI is InChI=1S/C21H19N.HI/c1-21(2,3)16-6-9-17-14(12-16)4-7-20-18-10-11-22-13-15(18)5-8-19(17)20;/h4-13H,1-3H3;1H. The average molecular weight is 413 g/mol. The van der Waals surface area contributed by atoms with Crippen LogP contribution >= 0.6 is 0 Å². The van der Waals surface area contributed by atoms with E-state index in [-0.39, 0.29) is 29.4 Å². The Morgan fingerprint density at radius 1 is 0.696 bits per heavy atom. The monoisotopic (exact) mass is 413 g/mol. The number of hydrogen-bond donors (Lipinski definition) is 0. The quantitative estimate of drug-likeness (QED) is 0.310. The first-order valence-electron chi connectivity index (χ1n) is 7.80. The van der Waals surface area contributed by atoms with E-state index >= 15 is 0 Å². The summed E-state index contributed by atoms with van der Waals surface area (Å²) in [5, 5.41) is 7.86. The van der Waals surface area contributed by atoms with Crippen molar-refractivity contribution < 1.29 is 29.0 Å². The molecule has 0 unspecified atom stereocenters. The van der Waals surface area contributed by atoms with Gasteiger partial charge in [-0.3, -0.25) is 0 Å². The van der Waals surface area contributed by atoms with Crippen LogP contribution < -0.4 is 29.0 Å². The maximum Gasteiger partial charge on any atom is 0.174 e. The van der Waals surface area contributed by atoms with Crippen LogP contribution in [0, 0.1) is 0 Å². The minimum atomic E-state index is 0. The zero-order valence-electron chi connectivity index (χ0n) is 13.7. The summed E-state index contributed by atoms with van der Waals surface area (Å²) in [4.78, 5) is 3.16. The number of aromatic nitrogens is 1. The van der Waals surface area contributed by atoms with Gasteiger partial charge in [0.15, 0.2) is 12.4 Å². The van der Waals surface area contributed by atoms with Gasteiger partial charge in [0.25, 0.3) is 0 Å². The van der Waals surface area contributed by atoms with Crippen molar-refractivity contribution in [3.05, 3.63) is 66.5 Å². The van der Waals surface area contributed by atoms with Crippen molar-refractivity contribution in [2.45, 2.75) is 26.2 Å². The summed E-state index contributed by atoms with van der Waals surface area (Å²) in [6.07, 6.45) is 4.05. The molecule has 1 aromatic heterocycles. The van der Waals surface area contributed by atoms with E-state index in [1.807, 2.05) is 6.20 Å². The molecule has 3 aromatic carbocycles. The number of fused-ring (bicyclic) bond motifs is 5. The van der Waals surface area contributed by atoms with Gasteiger partial charge in [-0.05, 0) is 38.6 Å². The van der Waals surface area contributed by atoms with E-state index in [9.17, 15) is 0 Å². The van der Waals surface area contributed by atoms with Crippen molar-refractivity contribution >= 4 is 32.3 Å². The largest absolute Gasteiger partial charge is 1.00 e. The van der Waals surface area contributed by atoms with Crippen LogP contribution in [0.5, 0.6) is 0 Å². The molecule has 2 heteroatoms. The van der Waals surface area contributed by atoms with Crippen molar-refractivity contribution in [3.63, 3.8) is 0 Å². The molecule has 0 saturated heterocycles. The molecule has 4 aromatic rings. The Bertz CT molecular complexity index is 1010. The van der Waals surface area contributed by atoms with Gasteiger partial charge in [0.2, 0.25) is 0 Å². The minimum absolute atomic E-state index is 0. The Balaban J connectivity index is 0.00000156. The van der Waals surface area contributed by atoms with Crippen LogP contribution in [0.2, 0.25) is 0 Å². The molecule has 1 N–H and O–H groups in total. The first-order valence-corrected chi connectivity index (χ1v) is 7.80. The van der Waals surface area contributed by atoms with E-state index in [1.165, 1.54) is 37.9 Å². The number of hydrogen-bond acceptors (Lipinski definition) is 0. The van der Waals surface area contributed by atoms with Gasteiger partial charge >= 0.3 is 0 Å². The molecule has 1 heterocycles. The molecular weight excluding hydrogens is 393 g/mol. The lowest BCUT2D eigenvalue weighted by Gasteiger charge is -2.19. The molecule has 23 heavy (non-hydrogen) atoms. The second kappa shape index (κ2) is 5.75. The summed E-state index contributed by atoms with van der Waals surface area (Å²) in [6, 6.07) is 18.0. The van der Waals surface area contributed by atoms with E-state index in [1.54, 1.807) is 0 Å². The van der Waals surface area contributed by atoms with Crippen molar-refractivity contribution in [2.24, 2.45) is 0 Å². The SMILES string of the molecule is CC(C)(C)c1ccc2c(ccc3c4cc[nH+]cc4ccc23)c1.[I-]. The predicted octanol–water partition coefficient (Wildman–Crippen LogP) is 2.26. The molecule has 116 valence electrons. The van der Waals surface area contributed by atoms with E-state index in [0.29, 0.717) is 0 Å². The normalized spacial score (nSPS) is 11.8. The van der Waals surface area contributed by atoms with E-state index in [4.69, 9.17) is 0 Å². The maximum atomic E-state index is 3.16. The zero-order valence-corrected chi connectivity index (χ0v) is 15.8. The van der Waals surface area contributed by atoms with Gasteiger partial charge in [-0.25, -0.2) is 4.98 Å². The van der Waals surface area contributed by atoms with E-state index < -0.39 is 0 Å². The Morgan fingerprint density at radius 3 is 2.00 bits per heavy atom. The molecule has 4 rings (SSSR count). The topological polar surface area (TPSA) is 14.1 Å². The Morgan fingerprint density at radius 2 is 1.30 bits per heavy atom. The minimum Gasteiger partial charge on any atom is -1.00 e. The lowest BCUT2D eigenvalue weighted by molar-refractivity contribution is -0.375. The summed E-state index contributed by atoms with van der Waals surface area (Å²) in [6.45, 7) is 6.79. The van der Waals surface area contributed by atoms with E-state index in [0.717, 1.165) is 0 Å². The molecule has 0 aliphatic rings. The van der Waals surface area contributed by atoms with Crippen LogP contribution in [-0.2, 0) is 5.41 Å². The van der Waals surface area contributed by atoms with Crippen LogP contribution in [-0.4, -0.2) is 0 Å². The van der Waals surface area contributed by atoms with Crippen LogP contribution in [0.3, 0.4) is 0 Å². The highest BCUT2D eigenvalue weighted by atomic mass is 127. The molecule has 0 radical (unpaired) electrons. The Kier molecular flexibility index (Phi) is 4.05. The molecule has 0 spiro atoms. The molecule has 0 bridgehead atoms. The number of pyridine rings is 1. The van der Waals surface area contributed by atoms with Gasteiger partial charge < -0.3 is 24.0 Å². The molecule has 0 aliphatic heterocycles. The molecular formula is C21H20IN. The molecule has 0 atom stereocenters. The van der Waals surface area contributed by atoms with Crippen LogP contribution in [0.1, 0.15) is 26.3 Å². The van der Waals surface area contributed by atoms with E-state index in [2.05, 4.69) is 80.5 Å². The number of benzene rings is 3. The number of halogens is 1. The second-order valence-corrected chi connectivity index (χ2v) is 7.06. The maximum absolute atomic E-state index is 3.16. The number of nitrogens with one attached hydrogen (secondary N) is 1. The third-order valence-electron chi connectivity index (χ3n) is 4.54. The molecule has 0 saturated carbocycles. The summed E-state index contributed by atoms with van der Waals surface area (Å²) < 4.78 is 0. The van der Waals surface area contributed by atoms with Gasteiger partial charge in [-0.2, -0.15) is 0 Å². The van der Waals surface area contributed by atoms with Gasteiger partial charge in [-0.15, -0.1) is 0 Å². The second-order valence-electron chi connectivity index (χ2n) is 7.06. The summed E-state index contributed by atoms with van der Waals surface area (Å²) in [7, 11) is 0. The lowest BCUT2D eigenvalue weighted by atomic mass is 9.85. The lowest BCUT2D eigenvalue weighted by Crippen LogP contribution is -3.00. The fourth-order valence-electron chi connectivity index (χ4n) is 3.23. The zero-order chi connectivity index (χ0) is 15.3. The molecule has 0 amide bonds. The Labute approximate surface area is 153 Å². The van der Waals surface area contributed by atoms with Crippen LogP contribution in [0.25, 0.3) is 32.3 Å². The number of rotatable bonds is 0. The fraction of sp³-hybridized carbons (Fsp3) is 0.190. The van der Waals surface area contributed by atoms with Gasteiger partial charge in [0.1, 0.15) is 0 Å². The third-order valence-corrected chi connectivity index (χ3v) is 4.54. The van der Waals surface area contributed by atoms with Crippen molar-refractivity contribution in [2.75, 3.05) is 0 Å². The molecule has 0 fully saturated rings. The van der Waals surface area contributed by atoms with Gasteiger partial charge in [0, 0.05) is 16.8 Å². The highest BCUT2D eigenvalue weighted by molar-refractivity contribution is 6.16. The van der Waals surface area contributed by atoms with Gasteiger partial charge in [0.05, 0.1) is 0 Å². The predicted molar refractivity (Wildman–Crippen MR) is 94.2 cm³/mol. The highest BCUT2D eigenvalue weighted by Crippen LogP contribution is 2.33. The Hall–Kier alpha value is -1.68. The molecule has 0 aliphatic carbocycles. The number of aromatic amines is 1.